The number of rotatable bonds is 7. The van der Waals surface area contributed by atoms with Gasteiger partial charge in [0.2, 0.25) is 0 Å². The predicted molar refractivity (Wildman–Crippen MR) is 113 cm³/mol. The van der Waals surface area contributed by atoms with E-state index in [0.717, 1.165) is 43.9 Å². The van der Waals surface area contributed by atoms with Gasteiger partial charge in [-0.1, -0.05) is 13.0 Å². The van der Waals surface area contributed by atoms with Gasteiger partial charge in [0.15, 0.2) is 6.61 Å². The number of amides is 1. The van der Waals surface area contributed by atoms with Crippen molar-refractivity contribution in [3.63, 3.8) is 0 Å². The Kier molecular flexibility index (Phi) is 7.27. The van der Waals surface area contributed by atoms with E-state index >= 15 is 0 Å². The van der Waals surface area contributed by atoms with Gasteiger partial charge in [-0.3, -0.25) is 9.52 Å². The molecular weight excluding hydrogens is 423 g/mol. The summed E-state index contributed by atoms with van der Waals surface area (Å²) in [6, 6.07) is 10.2. The molecule has 9 heteroatoms. The van der Waals surface area contributed by atoms with E-state index in [1.165, 1.54) is 30.3 Å². The van der Waals surface area contributed by atoms with Crippen LogP contribution >= 0.6 is 0 Å². The first kappa shape index (κ1) is 22.7. The number of hydrogen-bond acceptors (Lipinski definition) is 5. The molecule has 2 aromatic carbocycles. The number of carbonyl (C=O) groups excluding carboxylic acids is 2. The Hall–Kier alpha value is -2.94. The summed E-state index contributed by atoms with van der Waals surface area (Å²) in [5.74, 6) is -1.01. The van der Waals surface area contributed by atoms with Gasteiger partial charge >= 0.3 is 5.97 Å². The highest BCUT2D eigenvalue weighted by Crippen LogP contribution is 2.23. The van der Waals surface area contributed by atoms with Crippen molar-refractivity contribution >= 4 is 27.6 Å². The molecule has 1 amide bonds. The molecule has 3 rings (SSSR count). The number of sulfonamides is 1. The number of nitrogens with one attached hydrogen (secondary N) is 2. The Bertz CT molecular complexity index is 1030. The van der Waals surface area contributed by atoms with E-state index in [2.05, 4.69) is 17.0 Å². The van der Waals surface area contributed by atoms with E-state index in [9.17, 15) is 22.4 Å². The van der Waals surface area contributed by atoms with Gasteiger partial charge in [0.25, 0.3) is 15.9 Å². The molecule has 7 nitrogen and oxygen atoms in total. The highest BCUT2D eigenvalue weighted by Gasteiger charge is 2.21. The number of esters is 1. The minimum Gasteiger partial charge on any atom is -0.452 e. The summed E-state index contributed by atoms with van der Waals surface area (Å²) in [7, 11) is -4.00. The van der Waals surface area contributed by atoms with E-state index in [0.29, 0.717) is 5.92 Å². The van der Waals surface area contributed by atoms with Gasteiger partial charge in [-0.05, 0) is 74.1 Å². The average Bonchev–Trinajstić information content (AvgIpc) is 2.75. The van der Waals surface area contributed by atoms with Crippen LogP contribution in [0.15, 0.2) is 53.4 Å². The Labute approximate surface area is 181 Å². The molecule has 0 saturated heterocycles. The summed E-state index contributed by atoms with van der Waals surface area (Å²) < 4.78 is 45.5. The van der Waals surface area contributed by atoms with Crippen LogP contribution in [0.5, 0.6) is 0 Å². The van der Waals surface area contributed by atoms with Crippen molar-refractivity contribution in [2.75, 3.05) is 11.3 Å². The molecule has 0 aliphatic heterocycles. The quantitative estimate of drug-likeness (QED) is 0.632. The summed E-state index contributed by atoms with van der Waals surface area (Å²) in [4.78, 5) is 24.2. The van der Waals surface area contributed by atoms with Crippen LogP contribution in [0.3, 0.4) is 0 Å². The summed E-state index contributed by atoms with van der Waals surface area (Å²) >= 11 is 0. The Morgan fingerprint density at radius 2 is 1.74 bits per heavy atom. The molecular formula is C22H25FN2O5S. The number of benzene rings is 2. The normalized spacial score (nSPS) is 18.8. The van der Waals surface area contributed by atoms with Crippen molar-refractivity contribution in [2.45, 2.75) is 43.5 Å². The van der Waals surface area contributed by atoms with E-state index in [1.54, 1.807) is 0 Å². The number of carbonyl (C=O) groups is 2. The first-order valence-electron chi connectivity index (χ1n) is 10.1. The minimum absolute atomic E-state index is 0.00118. The molecule has 2 N–H and O–H groups in total. The first-order valence-corrected chi connectivity index (χ1v) is 11.6. The van der Waals surface area contributed by atoms with Crippen LogP contribution in [0.1, 0.15) is 43.0 Å². The van der Waals surface area contributed by atoms with Gasteiger partial charge in [0.05, 0.1) is 10.5 Å². The molecule has 1 aliphatic rings. The maximum atomic E-state index is 13.0. The fraction of sp³-hybridized carbons (Fsp3) is 0.364. The molecule has 1 fully saturated rings. The Morgan fingerprint density at radius 3 is 2.42 bits per heavy atom. The molecule has 0 spiro atoms. The van der Waals surface area contributed by atoms with Gasteiger partial charge in [0.1, 0.15) is 5.82 Å². The lowest BCUT2D eigenvalue weighted by Crippen LogP contribution is -2.39. The Balaban J connectivity index is 1.58. The molecule has 0 heterocycles. The number of halogens is 1. The van der Waals surface area contributed by atoms with Gasteiger partial charge in [-0.15, -0.1) is 0 Å². The minimum atomic E-state index is -4.00. The van der Waals surface area contributed by atoms with Crippen LogP contribution in [-0.4, -0.2) is 32.9 Å². The molecule has 0 aromatic heterocycles. The van der Waals surface area contributed by atoms with E-state index in [-0.39, 0.29) is 28.1 Å². The van der Waals surface area contributed by atoms with Crippen LogP contribution in [-0.2, 0) is 19.6 Å². The first-order chi connectivity index (χ1) is 14.7. The molecule has 166 valence electrons. The van der Waals surface area contributed by atoms with Gasteiger partial charge in [-0.25, -0.2) is 17.6 Å². The zero-order chi connectivity index (χ0) is 22.4. The number of anilines is 1. The zero-order valence-electron chi connectivity index (χ0n) is 17.1. The van der Waals surface area contributed by atoms with Crippen molar-refractivity contribution in [1.29, 1.82) is 0 Å². The van der Waals surface area contributed by atoms with Crippen molar-refractivity contribution in [3.8, 4) is 0 Å². The third-order valence-electron chi connectivity index (χ3n) is 5.19. The van der Waals surface area contributed by atoms with E-state index in [4.69, 9.17) is 4.74 Å². The second-order valence-electron chi connectivity index (χ2n) is 7.74. The zero-order valence-corrected chi connectivity index (χ0v) is 18.0. The lowest BCUT2D eigenvalue weighted by Gasteiger charge is -2.26. The van der Waals surface area contributed by atoms with E-state index < -0.39 is 28.4 Å². The van der Waals surface area contributed by atoms with Crippen LogP contribution in [0.4, 0.5) is 10.1 Å². The standard InChI is InChI=1S/C22H25FN2O5S/c1-15-5-9-18(10-6-15)24-21(26)14-30-22(27)16-3-2-4-20(13-16)31(28,29)25-19-11-7-17(23)8-12-19/h2-4,7-8,11-13,15,18,25H,5-6,9-10,14H2,1H3,(H,24,26). The molecule has 1 saturated carbocycles. The fourth-order valence-electron chi connectivity index (χ4n) is 3.41. The average molecular weight is 449 g/mol. The third-order valence-corrected chi connectivity index (χ3v) is 6.57. The van der Waals surface area contributed by atoms with Crippen molar-refractivity contribution < 1.29 is 27.1 Å². The number of hydrogen-bond donors (Lipinski definition) is 2. The predicted octanol–water partition coefficient (Wildman–Crippen LogP) is 3.48. The molecule has 0 unspecified atom stereocenters. The summed E-state index contributed by atoms with van der Waals surface area (Å²) in [5.41, 5.74) is 0.185. The van der Waals surface area contributed by atoms with Crippen LogP contribution in [0.2, 0.25) is 0 Å². The van der Waals surface area contributed by atoms with Gasteiger partial charge in [-0.2, -0.15) is 0 Å². The maximum absolute atomic E-state index is 13.0. The highest BCUT2D eigenvalue weighted by atomic mass is 32.2. The monoisotopic (exact) mass is 448 g/mol. The van der Waals surface area contributed by atoms with Crippen LogP contribution < -0.4 is 10.0 Å². The smallest absolute Gasteiger partial charge is 0.338 e. The van der Waals surface area contributed by atoms with Crippen molar-refractivity contribution in [1.82, 2.24) is 5.32 Å². The molecule has 0 atom stereocenters. The maximum Gasteiger partial charge on any atom is 0.338 e. The summed E-state index contributed by atoms with van der Waals surface area (Å²) in [6.45, 7) is 1.75. The second kappa shape index (κ2) is 9.91. The largest absolute Gasteiger partial charge is 0.452 e. The fourth-order valence-corrected chi connectivity index (χ4v) is 4.51. The summed E-state index contributed by atoms with van der Waals surface area (Å²) in [6.07, 6.45) is 3.92. The molecule has 1 aliphatic carbocycles. The second-order valence-corrected chi connectivity index (χ2v) is 9.42. The third kappa shape index (κ3) is 6.52. The van der Waals surface area contributed by atoms with Crippen molar-refractivity contribution in [2.24, 2.45) is 5.92 Å². The summed E-state index contributed by atoms with van der Waals surface area (Å²) in [5, 5.41) is 2.86. The molecule has 0 radical (unpaired) electrons. The van der Waals surface area contributed by atoms with Crippen LogP contribution in [0.25, 0.3) is 0 Å². The lowest BCUT2D eigenvalue weighted by molar-refractivity contribution is -0.125. The molecule has 2 aromatic rings. The van der Waals surface area contributed by atoms with Gasteiger partial charge < -0.3 is 10.1 Å². The lowest BCUT2D eigenvalue weighted by atomic mass is 9.87. The number of ether oxygens (including phenoxy) is 1. The van der Waals surface area contributed by atoms with E-state index in [1.807, 2.05) is 0 Å². The van der Waals surface area contributed by atoms with Gasteiger partial charge in [0, 0.05) is 11.7 Å². The topological polar surface area (TPSA) is 102 Å². The molecule has 31 heavy (non-hydrogen) atoms. The van der Waals surface area contributed by atoms with Crippen LogP contribution in [0, 0.1) is 11.7 Å². The SMILES string of the molecule is CC1CCC(NC(=O)COC(=O)c2cccc(S(=O)(=O)Nc3ccc(F)cc3)c2)CC1. The Morgan fingerprint density at radius 1 is 1.06 bits per heavy atom. The molecule has 0 bridgehead atoms. The van der Waals surface area contributed by atoms with Crippen molar-refractivity contribution in [3.05, 3.63) is 59.9 Å². The highest BCUT2D eigenvalue weighted by molar-refractivity contribution is 7.92.